The average Bonchev–Trinajstić information content (AvgIpc) is 2.75. The van der Waals surface area contributed by atoms with Gasteiger partial charge < -0.3 is 9.73 Å². The minimum absolute atomic E-state index is 0.140. The first-order chi connectivity index (χ1) is 14.8. The van der Waals surface area contributed by atoms with Gasteiger partial charge in [-0.1, -0.05) is 18.2 Å². The van der Waals surface area contributed by atoms with E-state index in [1.54, 1.807) is 42.5 Å². The molecule has 0 spiro atoms. The van der Waals surface area contributed by atoms with E-state index in [2.05, 4.69) is 10.0 Å². The SMILES string of the molecule is O=c1cc(Nc2ccc(NS(=O)(=O)c3ccccc3)cc2)c2cc([N+](=O)[O-])ccc2o1. The van der Waals surface area contributed by atoms with E-state index in [1.165, 1.54) is 36.4 Å². The summed E-state index contributed by atoms with van der Waals surface area (Å²) in [6.45, 7) is 0. The number of benzene rings is 3. The molecule has 0 fully saturated rings. The van der Waals surface area contributed by atoms with E-state index in [9.17, 15) is 23.3 Å². The van der Waals surface area contributed by atoms with Crippen LogP contribution in [0.15, 0.2) is 93.0 Å². The van der Waals surface area contributed by atoms with Gasteiger partial charge in [-0.2, -0.15) is 0 Å². The Morgan fingerprint density at radius 1 is 0.871 bits per heavy atom. The van der Waals surface area contributed by atoms with Gasteiger partial charge >= 0.3 is 5.63 Å². The molecule has 4 aromatic rings. The Balaban J connectivity index is 1.61. The maximum Gasteiger partial charge on any atom is 0.338 e. The average molecular weight is 437 g/mol. The van der Waals surface area contributed by atoms with Gasteiger partial charge in [-0.25, -0.2) is 13.2 Å². The van der Waals surface area contributed by atoms with Crippen LogP contribution in [0.2, 0.25) is 0 Å². The standard InChI is InChI=1S/C21H15N3O6S/c25-21-13-19(18-12-16(24(26)27)10-11-20(18)30-21)22-14-6-8-15(9-7-14)23-31(28,29)17-4-2-1-3-5-17/h1-13,22-23H. The number of rotatable bonds is 6. The van der Waals surface area contributed by atoms with Crippen LogP contribution in [0.5, 0.6) is 0 Å². The number of fused-ring (bicyclic) bond motifs is 1. The largest absolute Gasteiger partial charge is 0.423 e. The molecule has 3 aromatic carbocycles. The lowest BCUT2D eigenvalue weighted by atomic mass is 10.1. The summed E-state index contributed by atoms with van der Waals surface area (Å²) >= 11 is 0. The number of non-ortho nitro benzene ring substituents is 1. The molecule has 9 nitrogen and oxygen atoms in total. The zero-order valence-electron chi connectivity index (χ0n) is 15.8. The molecule has 31 heavy (non-hydrogen) atoms. The van der Waals surface area contributed by atoms with Crippen molar-refractivity contribution >= 4 is 43.7 Å². The summed E-state index contributed by atoms with van der Waals surface area (Å²) in [5.74, 6) is 0. The Kier molecular flexibility index (Phi) is 5.14. The van der Waals surface area contributed by atoms with Crippen molar-refractivity contribution in [1.29, 1.82) is 0 Å². The summed E-state index contributed by atoms with van der Waals surface area (Å²) in [5, 5.41) is 14.5. The first-order valence-corrected chi connectivity index (χ1v) is 10.5. The van der Waals surface area contributed by atoms with Crippen molar-refractivity contribution in [2.45, 2.75) is 4.90 Å². The van der Waals surface area contributed by atoms with Crippen LogP contribution >= 0.6 is 0 Å². The number of hydrogen-bond acceptors (Lipinski definition) is 7. The van der Waals surface area contributed by atoms with Crippen molar-refractivity contribution in [1.82, 2.24) is 0 Å². The highest BCUT2D eigenvalue weighted by molar-refractivity contribution is 7.92. The molecule has 0 saturated carbocycles. The van der Waals surface area contributed by atoms with Crippen molar-refractivity contribution in [3.05, 3.63) is 99.4 Å². The number of nitrogens with one attached hydrogen (secondary N) is 2. The van der Waals surface area contributed by atoms with Crippen LogP contribution in [-0.2, 0) is 10.0 Å². The van der Waals surface area contributed by atoms with Gasteiger partial charge in [0.2, 0.25) is 0 Å². The maximum absolute atomic E-state index is 12.4. The van der Waals surface area contributed by atoms with Crippen molar-refractivity contribution in [3.63, 3.8) is 0 Å². The van der Waals surface area contributed by atoms with Crippen molar-refractivity contribution in [2.24, 2.45) is 0 Å². The van der Waals surface area contributed by atoms with Gasteiger partial charge in [0.25, 0.3) is 15.7 Å². The topological polar surface area (TPSA) is 132 Å². The highest BCUT2D eigenvalue weighted by atomic mass is 32.2. The fourth-order valence-corrected chi connectivity index (χ4v) is 4.04. The number of sulfonamides is 1. The van der Waals surface area contributed by atoms with Crippen LogP contribution in [0.1, 0.15) is 0 Å². The molecule has 0 aliphatic carbocycles. The number of nitrogens with zero attached hydrogens (tertiary/aromatic N) is 1. The molecule has 0 saturated heterocycles. The molecule has 0 atom stereocenters. The summed E-state index contributed by atoms with van der Waals surface area (Å²) in [5.41, 5.74) is 0.662. The molecule has 10 heteroatoms. The summed E-state index contributed by atoms with van der Waals surface area (Å²) in [6, 6.07) is 19.4. The van der Waals surface area contributed by atoms with Gasteiger partial charge in [0.1, 0.15) is 5.58 Å². The fraction of sp³-hybridized carbons (Fsp3) is 0. The second-order valence-electron chi connectivity index (χ2n) is 6.54. The molecule has 0 aliphatic rings. The van der Waals surface area contributed by atoms with Crippen molar-refractivity contribution < 1.29 is 17.8 Å². The van der Waals surface area contributed by atoms with Crippen molar-refractivity contribution in [2.75, 3.05) is 10.0 Å². The van der Waals surface area contributed by atoms with Crippen LogP contribution in [0.25, 0.3) is 11.0 Å². The zero-order chi connectivity index (χ0) is 22.0. The maximum atomic E-state index is 12.4. The minimum atomic E-state index is -3.72. The molecule has 0 amide bonds. The van der Waals surface area contributed by atoms with E-state index in [4.69, 9.17) is 4.42 Å². The highest BCUT2D eigenvalue weighted by Crippen LogP contribution is 2.29. The predicted octanol–water partition coefficient (Wildman–Crippen LogP) is 4.25. The van der Waals surface area contributed by atoms with Crippen LogP contribution < -0.4 is 15.7 Å². The lowest BCUT2D eigenvalue weighted by Crippen LogP contribution is -2.12. The molecular formula is C21H15N3O6S. The third-order valence-electron chi connectivity index (χ3n) is 4.41. The predicted molar refractivity (Wildman–Crippen MR) is 116 cm³/mol. The van der Waals surface area contributed by atoms with Crippen LogP contribution in [-0.4, -0.2) is 13.3 Å². The summed E-state index contributed by atoms with van der Waals surface area (Å²) in [6.07, 6.45) is 0. The molecular weight excluding hydrogens is 422 g/mol. The van der Waals surface area contributed by atoms with Crippen LogP contribution in [0.3, 0.4) is 0 Å². The van der Waals surface area contributed by atoms with Gasteiger partial charge in [-0.3, -0.25) is 14.8 Å². The molecule has 0 aliphatic heterocycles. The summed E-state index contributed by atoms with van der Waals surface area (Å²) in [7, 11) is -3.72. The molecule has 0 bridgehead atoms. The number of anilines is 3. The molecule has 4 rings (SSSR count). The van der Waals surface area contributed by atoms with Crippen LogP contribution in [0, 0.1) is 10.1 Å². The summed E-state index contributed by atoms with van der Waals surface area (Å²) < 4.78 is 32.4. The van der Waals surface area contributed by atoms with Gasteiger partial charge in [-0.15, -0.1) is 0 Å². The van der Waals surface area contributed by atoms with E-state index < -0.39 is 20.6 Å². The lowest BCUT2D eigenvalue weighted by Gasteiger charge is -2.11. The van der Waals surface area contributed by atoms with Gasteiger partial charge in [0, 0.05) is 35.0 Å². The normalized spacial score (nSPS) is 11.2. The van der Waals surface area contributed by atoms with Gasteiger partial charge in [-0.05, 0) is 42.5 Å². The second-order valence-corrected chi connectivity index (χ2v) is 8.22. The van der Waals surface area contributed by atoms with E-state index in [1.807, 2.05) is 0 Å². The zero-order valence-corrected chi connectivity index (χ0v) is 16.6. The van der Waals surface area contributed by atoms with E-state index >= 15 is 0 Å². The number of hydrogen-bond donors (Lipinski definition) is 2. The Hall–Kier alpha value is -4.18. The Labute approximate surface area is 176 Å². The Morgan fingerprint density at radius 3 is 2.23 bits per heavy atom. The van der Waals surface area contributed by atoms with Gasteiger partial charge in [0.15, 0.2) is 0 Å². The molecule has 0 radical (unpaired) electrons. The molecule has 0 unspecified atom stereocenters. The second kappa shape index (κ2) is 7.92. The first-order valence-electron chi connectivity index (χ1n) is 8.99. The fourth-order valence-electron chi connectivity index (χ4n) is 2.96. The van der Waals surface area contributed by atoms with E-state index in [0.29, 0.717) is 22.4 Å². The summed E-state index contributed by atoms with van der Waals surface area (Å²) in [4.78, 5) is 22.5. The van der Waals surface area contributed by atoms with Gasteiger partial charge in [0.05, 0.1) is 15.5 Å². The third kappa shape index (κ3) is 4.38. The molecule has 1 aromatic heterocycles. The highest BCUT2D eigenvalue weighted by Gasteiger charge is 2.14. The quantitative estimate of drug-likeness (QED) is 0.262. The Morgan fingerprint density at radius 2 is 1.55 bits per heavy atom. The van der Waals surface area contributed by atoms with E-state index in [-0.39, 0.29) is 16.2 Å². The van der Waals surface area contributed by atoms with Crippen molar-refractivity contribution in [3.8, 4) is 0 Å². The first kappa shape index (κ1) is 20.1. The number of nitro benzene ring substituents is 1. The minimum Gasteiger partial charge on any atom is -0.423 e. The number of nitro groups is 1. The smallest absolute Gasteiger partial charge is 0.338 e. The van der Waals surface area contributed by atoms with Crippen LogP contribution in [0.4, 0.5) is 22.7 Å². The Bertz CT molecular complexity index is 1430. The molecule has 2 N–H and O–H groups in total. The molecule has 156 valence electrons. The molecule has 1 heterocycles. The lowest BCUT2D eigenvalue weighted by molar-refractivity contribution is -0.384. The van der Waals surface area contributed by atoms with E-state index in [0.717, 1.165) is 0 Å². The monoisotopic (exact) mass is 437 g/mol. The third-order valence-corrected chi connectivity index (χ3v) is 5.80.